The lowest BCUT2D eigenvalue weighted by molar-refractivity contribution is -0.00768. The molecule has 2 N–H and O–H groups in total. The van der Waals surface area contributed by atoms with E-state index in [-0.39, 0.29) is 5.60 Å². The summed E-state index contributed by atoms with van der Waals surface area (Å²) >= 11 is 2.08. The largest absolute Gasteiger partial charge is 0.390 e. The Labute approximate surface area is 104 Å². The maximum Gasteiger partial charge on any atom is 0.0646 e. The van der Waals surface area contributed by atoms with Crippen LogP contribution >= 0.6 is 11.8 Å². The fourth-order valence-electron chi connectivity index (χ4n) is 2.88. The average molecular weight is 243 g/mol. The molecule has 2 rings (SSSR count). The van der Waals surface area contributed by atoms with E-state index in [9.17, 15) is 5.11 Å². The van der Waals surface area contributed by atoms with E-state index in [2.05, 4.69) is 24.0 Å². The second kappa shape index (κ2) is 5.74. The van der Waals surface area contributed by atoms with Crippen LogP contribution in [0.25, 0.3) is 0 Å². The summed E-state index contributed by atoms with van der Waals surface area (Å²) in [6.45, 7) is 2.10. The summed E-state index contributed by atoms with van der Waals surface area (Å²) in [6, 6.07) is 1.40. The van der Waals surface area contributed by atoms with Crippen molar-refractivity contribution < 1.29 is 5.11 Å². The highest BCUT2D eigenvalue weighted by Gasteiger charge is 2.32. The van der Waals surface area contributed by atoms with E-state index in [0.29, 0.717) is 6.04 Å². The molecule has 0 aromatic carbocycles. The van der Waals surface area contributed by atoms with Gasteiger partial charge in [-0.1, -0.05) is 6.92 Å². The summed E-state index contributed by atoms with van der Waals surface area (Å²) in [4.78, 5) is 0. The molecule has 2 nitrogen and oxygen atoms in total. The molecule has 0 amide bonds. The Hall–Kier alpha value is 0.270. The highest BCUT2D eigenvalue weighted by atomic mass is 32.2. The van der Waals surface area contributed by atoms with Crippen LogP contribution in [-0.2, 0) is 0 Å². The van der Waals surface area contributed by atoms with E-state index in [4.69, 9.17) is 0 Å². The minimum absolute atomic E-state index is 0.348. The second-order valence-electron chi connectivity index (χ2n) is 5.43. The second-order valence-corrected chi connectivity index (χ2v) is 6.58. The molecule has 1 atom stereocenters. The van der Waals surface area contributed by atoms with Crippen LogP contribution in [0, 0.1) is 0 Å². The third kappa shape index (κ3) is 3.38. The number of hydrogen-bond acceptors (Lipinski definition) is 3. The average Bonchev–Trinajstić information content (AvgIpc) is 2.34. The van der Waals surface area contributed by atoms with Crippen molar-refractivity contribution in [3.05, 3.63) is 0 Å². The van der Waals surface area contributed by atoms with Gasteiger partial charge >= 0.3 is 0 Å². The zero-order chi connectivity index (χ0) is 11.4. The first-order valence-electron chi connectivity index (χ1n) is 6.78. The molecule has 3 heteroatoms. The maximum atomic E-state index is 10.2. The van der Waals surface area contributed by atoms with E-state index in [1.807, 2.05) is 0 Å². The number of hydrogen-bond donors (Lipinski definition) is 2. The molecular formula is C13H25NOS. The molecule has 1 unspecified atom stereocenters. The van der Waals surface area contributed by atoms with Gasteiger partial charge in [-0.05, 0) is 50.7 Å². The minimum Gasteiger partial charge on any atom is -0.390 e. The lowest BCUT2D eigenvalue weighted by Gasteiger charge is -2.37. The Morgan fingerprint density at radius 3 is 2.56 bits per heavy atom. The molecule has 1 aliphatic heterocycles. The molecule has 2 aliphatic rings. The van der Waals surface area contributed by atoms with Gasteiger partial charge in [-0.2, -0.15) is 11.8 Å². The van der Waals surface area contributed by atoms with Gasteiger partial charge in [0.05, 0.1) is 5.60 Å². The molecule has 0 aromatic heterocycles. The van der Waals surface area contributed by atoms with Crippen LogP contribution in [0.15, 0.2) is 0 Å². The molecule has 0 spiro atoms. The van der Waals surface area contributed by atoms with Gasteiger partial charge in [0, 0.05) is 17.8 Å². The van der Waals surface area contributed by atoms with Crippen LogP contribution in [0.4, 0.5) is 0 Å². The molecular weight excluding hydrogens is 218 g/mol. The van der Waals surface area contributed by atoms with Crippen LogP contribution in [0.2, 0.25) is 0 Å². The van der Waals surface area contributed by atoms with E-state index < -0.39 is 0 Å². The van der Waals surface area contributed by atoms with Crippen molar-refractivity contribution in [1.29, 1.82) is 0 Å². The summed E-state index contributed by atoms with van der Waals surface area (Å²) in [5.74, 6) is 2.63. The zero-order valence-electron chi connectivity index (χ0n) is 10.4. The predicted molar refractivity (Wildman–Crippen MR) is 71.0 cm³/mol. The molecule has 0 radical (unpaired) electrons. The van der Waals surface area contributed by atoms with Crippen molar-refractivity contribution in [2.75, 3.05) is 11.5 Å². The van der Waals surface area contributed by atoms with Crippen LogP contribution in [0.1, 0.15) is 51.9 Å². The Kier molecular flexibility index (Phi) is 4.57. The maximum absolute atomic E-state index is 10.2. The summed E-state index contributed by atoms with van der Waals surface area (Å²) in [6.07, 6.45) is 7.92. The van der Waals surface area contributed by atoms with Crippen LogP contribution < -0.4 is 5.32 Å². The molecule has 1 saturated carbocycles. The molecule has 1 aliphatic carbocycles. The highest BCUT2D eigenvalue weighted by Crippen LogP contribution is 2.31. The highest BCUT2D eigenvalue weighted by molar-refractivity contribution is 7.99. The lowest BCUT2D eigenvalue weighted by Crippen LogP contribution is -2.46. The summed E-state index contributed by atoms with van der Waals surface area (Å²) < 4.78 is 0. The predicted octanol–water partition coefficient (Wildman–Crippen LogP) is 2.56. The molecule has 1 heterocycles. The van der Waals surface area contributed by atoms with E-state index in [1.165, 1.54) is 24.3 Å². The van der Waals surface area contributed by atoms with E-state index >= 15 is 0 Å². The van der Waals surface area contributed by atoms with Crippen LogP contribution in [0.3, 0.4) is 0 Å². The number of nitrogens with one attached hydrogen (secondary N) is 1. The van der Waals surface area contributed by atoms with Crippen molar-refractivity contribution >= 4 is 11.8 Å². The minimum atomic E-state index is -0.348. The standard InChI is InChI=1S/C13H25NOS/c1-2-13(15)7-5-11(6-8-13)14-12-4-3-9-16-10-12/h11-12,14-15H,2-10H2,1H3. The molecule has 0 bridgehead atoms. The van der Waals surface area contributed by atoms with Gasteiger partial charge in [0.25, 0.3) is 0 Å². The molecule has 1 saturated heterocycles. The fraction of sp³-hybridized carbons (Fsp3) is 1.00. The van der Waals surface area contributed by atoms with Gasteiger partial charge in [-0.3, -0.25) is 0 Å². The van der Waals surface area contributed by atoms with Crippen molar-refractivity contribution in [3.8, 4) is 0 Å². The van der Waals surface area contributed by atoms with E-state index in [1.54, 1.807) is 0 Å². The van der Waals surface area contributed by atoms with Crippen molar-refractivity contribution in [3.63, 3.8) is 0 Å². The molecule has 2 fully saturated rings. The quantitative estimate of drug-likeness (QED) is 0.799. The Morgan fingerprint density at radius 1 is 1.25 bits per heavy atom. The Balaban J connectivity index is 1.72. The van der Waals surface area contributed by atoms with Crippen molar-refractivity contribution in [2.24, 2.45) is 0 Å². The SMILES string of the molecule is CCC1(O)CCC(NC2CCCSC2)CC1. The van der Waals surface area contributed by atoms with Gasteiger partial charge in [0.2, 0.25) is 0 Å². The smallest absolute Gasteiger partial charge is 0.0646 e. The van der Waals surface area contributed by atoms with Crippen molar-refractivity contribution in [2.45, 2.75) is 69.6 Å². The van der Waals surface area contributed by atoms with Crippen LogP contribution in [0.5, 0.6) is 0 Å². The van der Waals surface area contributed by atoms with Crippen LogP contribution in [-0.4, -0.2) is 34.3 Å². The monoisotopic (exact) mass is 243 g/mol. The summed E-state index contributed by atoms with van der Waals surface area (Å²) in [5, 5.41) is 14.0. The van der Waals surface area contributed by atoms with Gasteiger partial charge in [-0.25, -0.2) is 0 Å². The number of thioether (sulfide) groups is 1. The third-order valence-electron chi connectivity index (χ3n) is 4.21. The summed E-state index contributed by atoms with van der Waals surface area (Å²) in [5.41, 5.74) is -0.348. The van der Waals surface area contributed by atoms with E-state index in [0.717, 1.165) is 38.1 Å². The normalized spacial score (nSPS) is 40.9. The van der Waals surface area contributed by atoms with Crippen molar-refractivity contribution in [1.82, 2.24) is 5.32 Å². The fourth-order valence-corrected chi connectivity index (χ4v) is 3.97. The molecule has 94 valence electrons. The number of aliphatic hydroxyl groups is 1. The molecule has 16 heavy (non-hydrogen) atoms. The molecule has 0 aromatic rings. The third-order valence-corrected chi connectivity index (χ3v) is 5.42. The first-order chi connectivity index (χ1) is 7.72. The first kappa shape index (κ1) is 12.7. The Morgan fingerprint density at radius 2 is 2.00 bits per heavy atom. The van der Waals surface area contributed by atoms with Gasteiger partial charge in [-0.15, -0.1) is 0 Å². The first-order valence-corrected chi connectivity index (χ1v) is 7.93. The Bertz CT molecular complexity index is 208. The number of rotatable bonds is 3. The van der Waals surface area contributed by atoms with Gasteiger partial charge in [0.15, 0.2) is 0 Å². The lowest BCUT2D eigenvalue weighted by atomic mass is 9.80. The summed E-state index contributed by atoms with van der Waals surface area (Å²) in [7, 11) is 0. The van der Waals surface area contributed by atoms with Gasteiger partial charge < -0.3 is 10.4 Å². The van der Waals surface area contributed by atoms with Gasteiger partial charge in [0.1, 0.15) is 0 Å². The topological polar surface area (TPSA) is 32.3 Å². The zero-order valence-corrected chi connectivity index (χ0v) is 11.2.